The molecule has 0 radical (unpaired) electrons. The highest BCUT2D eigenvalue weighted by Gasteiger charge is 2.11. The lowest BCUT2D eigenvalue weighted by atomic mass is 10.1. The van der Waals surface area contributed by atoms with Crippen LogP contribution in [0.4, 0.5) is 0 Å². The Morgan fingerprint density at radius 3 is 2.71 bits per heavy atom. The van der Waals surface area contributed by atoms with Crippen molar-refractivity contribution < 1.29 is 4.74 Å². The predicted octanol–water partition coefficient (Wildman–Crippen LogP) is 3.66. The Morgan fingerprint density at radius 1 is 1.24 bits per heavy atom. The first-order valence-electron chi connectivity index (χ1n) is 7.92. The van der Waals surface area contributed by atoms with Crippen LogP contribution < -0.4 is 4.74 Å². The van der Waals surface area contributed by atoms with Crippen LogP contribution in [0, 0.1) is 0 Å². The summed E-state index contributed by atoms with van der Waals surface area (Å²) in [7, 11) is 3.87. The minimum absolute atomic E-state index is 0.771. The largest absolute Gasteiger partial charge is 0.496 e. The molecule has 1 fully saturated rings. The van der Waals surface area contributed by atoms with Crippen molar-refractivity contribution in [3.63, 3.8) is 0 Å². The van der Waals surface area contributed by atoms with Gasteiger partial charge in [0.25, 0.3) is 0 Å². The quantitative estimate of drug-likeness (QED) is 0.764. The number of benzene rings is 1. The van der Waals surface area contributed by atoms with Gasteiger partial charge in [0.05, 0.1) is 7.11 Å². The molecule has 3 nitrogen and oxygen atoms in total. The van der Waals surface area contributed by atoms with Gasteiger partial charge in [-0.05, 0) is 70.7 Å². The summed E-state index contributed by atoms with van der Waals surface area (Å²) in [4.78, 5) is 4.94. The molecular formula is C17H27ClN2O. The first-order chi connectivity index (χ1) is 10.2. The van der Waals surface area contributed by atoms with Crippen LogP contribution in [0.3, 0.4) is 0 Å². The molecule has 1 heterocycles. The molecule has 21 heavy (non-hydrogen) atoms. The summed E-state index contributed by atoms with van der Waals surface area (Å²) in [5.41, 5.74) is 1.16. The number of halogens is 1. The van der Waals surface area contributed by atoms with E-state index in [-0.39, 0.29) is 0 Å². The van der Waals surface area contributed by atoms with Crippen LogP contribution in [0.15, 0.2) is 18.2 Å². The normalized spacial score (nSPS) is 16.4. The zero-order valence-corrected chi connectivity index (χ0v) is 14.0. The summed E-state index contributed by atoms with van der Waals surface area (Å²) in [5.74, 6) is 0.919. The van der Waals surface area contributed by atoms with Gasteiger partial charge in [-0.25, -0.2) is 0 Å². The van der Waals surface area contributed by atoms with E-state index in [4.69, 9.17) is 16.3 Å². The van der Waals surface area contributed by atoms with Gasteiger partial charge in [0.1, 0.15) is 5.75 Å². The molecule has 0 unspecified atom stereocenters. The van der Waals surface area contributed by atoms with E-state index in [0.717, 1.165) is 29.4 Å². The minimum Gasteiger partial charge on any atom is -0.496 e. The molecule has 0 bridgehead atoms. The lowest BCUT2D eigenvalue weighted by Crippen LogP contribution is -2.32. The number of rotatable bonds is 7. The Hall–Kier alpha value is -0.770. The van der Waals surface area contributed by atoms with Gasteiger partial charge in [0.15, 0.2) is 0 Å². The molecule has 0 aromatic heterocycles. The van der Waals surface area contributed by atoms with Crippen molar-refractivity contribution in [3.8, 4) is 5.75 Å². The predicted molar refractivity (Wildman–Crippen MR) is 89.2 cm³/mol. The van der Waals surface area contributed by atoms with E-state index >= 15 is 0 Å². The van der Waals surface area contributed by atoms with Gasteiger partial charge in [-0.15, -0.1) is 0 Å². The fraction of sp³-hybridized carbons (Fsp3) is 0.647. The smallest absolute Gasteiger partial charge is 0.123 e. The summed E-state index contributed by atoms with van der Waals surface area (Å²) in [6.07, 6.45) is 5.37. The molecule has 2 rings (SSSR count). The molecule has 1 aromatic carbocycles. The lowest BCUT2D eigenvalue weighted by Gasteiger charge is -2.27. The monoisotopic (exact) mass is 310 g/mol. The second kappa shape index (κ2) is 8.62. The Balaban J connectivity index is 1.76. The fourth-order valence-corrected chi connectivity index (χ4v) is 3.18. The topological polar surface area (TPSA) is 15.7 Å². The molecular weight excluding hydrogens is 284 g/mol. The molecule has 1 aliphatic heterocycles. The molecule has 1 saturated heterocycles. The molecule has 1 aromatic rings. The van der Waals surface area contributed by atoms with Gasteiger partial charge >= 0.3 is 0 Å². The molecule has 1 aliphatic rings. The van der Waals surface area contributed by atoms with E-state index in [1.165, 1.54) is 45.3 Å². The molecule has 0 atom stereocenters. The van der Waals surface area contributed by atoms with Crippen molar-refractivity contribution in [3.05, 3.63) is 28.8 Å². The molecule has 0 aliphatic carbocycles. The fourth-order valence-electron chi connectivity index (χ4n) is 2.99. The van der Waals surface area contributed by atoms with E-state index in [1.807, 2.05) is 18.2 Å². The average Bonchev–Trinajstić information content (AvgIpc) is 2.48. The van der Waals surface area contributed by atoms with Gasteiger partial charge in [-0.1, -0.05) is 18.0 Å². The standard InChI is InChI=1S/C17H27ClN2O/c1-19(9-6-12-20-10-4-3-5-11-20)14-15-13-16(18)7-8-17(15)21-2/h7-8,13H,3-6,9-12,14H2,1-2H3. The summed E-state index contributed by atoms with van der Waals surface area (Å²) in [6, 6.07) is 5.82. The maximum atomic E-state index is 6.08. The summed E-state index contributed by atoms with van der Waals surface area (Å²) < 4.78 is 5.41. The van der Waals surface area contributed by atoms with Crippen LogP contribution in [0.5, 0.6) is 5.75 Å². The van der Waals surface area contributed by atoms with Crippen molar-refractivity contribution in [2.75, 3.05) is 40.3 Å². The number of likely N-dealkylation sites (tertiary alicyclic amines) is 1. The Kier molecular flexibility index (Phi) is 6.81. The van der Waals surface area contributed by atoms with Crippen molar-refractivity contribution in [1.82, 2.24) is 9.80 Å². The highest BCUT2D eigenvalue weighted by atomic mass is 35.5. The SMILES string of the molecule is COc1ccc(Cl)cc1CN(C)CCCN1CCCCC1. The molecule has 0 amide bonds. The molecule has 0 N–H and O–H groups in total. The van der Waals surface area contributed by atoms with Crippen molar-refractivity contribution in [2.24, 2.45) is 0 Å². The van der Waals surface area contributed by atoms with Crippen LogP contribution in [-0.2, 0) is 6.54 Å². The molecule has 0 spiro atoms. The molecule has 118 valence electrons. The summed E-state index contributed by atoms with van der Waals surface area (Å²) in [6.45, 7) is 5.77. The van der Waals surface area contributed by atoms with Crippen molar-refractivity contribution >= 4 is 11.6 Å². The maximum Gasteiger partial charge on any atom is 0.123 e. The lowest BCUT2D eigenvalue weighted by molar-refractivity contribution is 0.210. The van der Waals surface area contributed by atoms with Gasteiger partial charge in [0.2, 0.25) is 0 Å². The molecule has 0 saturated carbocycles. The van der Waals surface area contributed by atoms with E-state index < -0.39 is 0 Å². The van der Waals surface area contributed by atoms with Gasteiger partial charge in [-0.3, -0.25) is 0 Å². The van der Waals surface area contributed by atoms with Crippen LogP contribution in [-0.4, -0.2) is 50.1 Å². The van der Waals surface area contributed by atoms with Crippen molar-refractivity contribution in [2.45, 2.75) is 32.2 Å². The third-order valence-electron chi connectivity index (χ3n) is 4.15. The Labute approximate surface area is 133 Å². The van der Waals surface area contributed by atoms with Crippen LogP contribution >= 0.6 is 11.6 Å². The second-order valence-corrected chi connectivity index (χ2v) is 6.39. The highest BCUT2D eigenvalue weighted by molar-refractivity contribution is 6.30. The van der Waals surface area contributed by atoms with E-state index in [1.54, 1.807) is 7.11 Å². The number of nitrogens with zero attached hydrogens (tertiary/aromatic N) is 2. The number of methoxy groups -OCH3 is 1. The summed E-state index contributed by atoms with van der Waals surface area (Å²) in [5, 5.41) is 0.771. The zero-order chi connectivity index (χ0) is 15.1. The third kappa shape index (κ3) is 5.50. The van der Waals surface area contributed by atoms with Crippen LogP contribution in [0.25, 0.3) is 0 Å². The highest BCUT2D eigenvalue weighted by Crippen LogP contribution is 2.23. The zero-order valence-electron chi connectivity index (χ0n) is 13.3. The minimum atomic E-state index is 0.771. The van der Waals surface area contributed by atoms with Crippen LogP contribution in [0.2, 0.25) is 5.02 Å². The van der Waals surface area contributed by atoms with Crippen molar-refractivity contribution in [1.29, 1.82) is 0 Å². The van der Waals surface area contributed by atoms with Crippen LogP contribution in [0.1, 0.15) is 31.2 Å². The maximum absolute atomic E-state index is 6.08. The van der Waals surface area contributed by atoms with E-state index in [2.05, 4.69) is 16.8 Å². The van der Waals surface area contributed by atoms with Gasteiger partial charge in [-0.2, -0.15) is 0 Å². The number of hydrogen-bond acceptors (Lipinski definition) is 3. The van der Waals surface area contributed by atoms with E-state index in [0.29, 0.717) is 0 Å². The number of ether oxygens (including phenoxy) is 1. The molecule has 4 heteroatoms. The number of piperidine rings is 1. The Morgan fingerprint density at radius 2 is 2.00 bits per heavy atom. The average molecular weight is 311 g/mol. The number of hydrogen-bond donors (Lipinski definition) is 0. The first kappa shape index (κ1) is 16.6. The van der Waals surface area contributed by atoms with Gasteiger partial charge < -0.3 is 14.5 Å². The summed E-state index contributed by atoms with van der Waals surface area (Å²) >= 11 is 6.08. The third-order valence-corrected chi connectivity index (χ3v) is 4.38. The second-order valence-electron chi connectivity index (χ2n) is 5.95. The Bertz CT molecular complexity index is 433. The first-order valence-corrected chi connectivity index (χ1v) is 8.30. The van der Waals surface area contributed by atoms with Gasteiger partial charge in [0, 0.05) is 17.1 Å². The van der Waals surface area contributed by atoms with E-state index in [9.17, 15) is 0 Å².